The molecular formula is C14H14N2O2S. The Morgan fingerprint density at radius 1 is 1.32 bits per heavy atom. The number of amides is 1. The van der Waals surface area contributed by atoms with Gasteiger partial charge in [0.25, 0.3) is 5.91 Å². The Labute approximate surface area is 115 Å². The molecule has 4 nitrogen and oxygen atoms in total. The summed E-state index contributed by atoms with van der Waals surface area (Å²) in [6.07, 6.45) is 0. The molecule has 0 atom stereocenters. The maximum absolute atomic E-state index is 12.5. The lowest BCUT2D eigenvalue weighted by molar-refractivity contribution is 0.0959. The van der Waals surface area contributed by atoms with Gasteiger partial charge in [-0.2, -0.15) is 0 Å². The molecular weight excluding hydrogens is 260 g/mol. The van der Waals surface area contributed by atoms with Gasteiger partial charge in [0, 0.05) is 17.2 Å². The van der Waals surface area contributed by atoms with Crippen molar-refractivity contribution in [1.82, 2.24) is 0 Å². The van der Waals surface area contributed by atoms with Crippen molar-refractivity contribution < 1.29 is 9.21 Å². The fourth-order valence-corrected chi connectivity index (χ4v) is 3.11. The van der Waals surface area contributed by atoms with Crippen LogP contribution in [0.15, 0.2) is 45.7 Å². The molecule has 1 aromatic carbocycles. The molecule has 98 valence electrons. The van der Waals surface area contributed by atoms with Crippen LogP contribution in [0, 0.1) is 0 Å². The van der Waals surface area contributed by atoms with E-state index in [9.17, 15) is 4.79 Å². The number of hydrogen-bond donors (Lipinski definition) is 1. The smallest absolute Gasteiger partial charge is 0.294 e. The maximum Gasteiger partial charge on any atom is 0.294 e. The molecule has 1 aromatic heterocycles. The largest absolute Gasteiger partial charge is 0.455 e. The fraction of sp³-hybridized carbons (Fsp3) is 0.214. The van der Waals surface area contributed by atoms with Gasteiger partial charge in [0.15, 0.2) is 5.76 Å². The van der Waals surface area contributed by atoms with Crippen LogP contribution in [0.3, 0.4) is 0 Å². The van der Waals surface area contributed by atoms with Gasteiger partial charge in [-0.3, -0.25) is 4.79 Å². The molecule has 1 amide bonds. The lowest BCUT2D eigenvalue weighted by Crippen LogP contribution is -2.35. The number of hydrogen-bond acceptors (Lipinski definition) is 4. The lowest BCUT2D eigenvalue weighted by atomic mass is 10.2. The SMILES string of the molecule is NCc1ccc(C(=O)N2CCSc3ccccc32)o1. The Kier molecular flexibility index (Phi) is 3.31. The average Bonchev–Trinajstić information content (AvgIpc) is 2.95. The monoisotopic (exact) mass is 274 g/mol. The molecule has 5 heteroatoms. The molecule has 1 aliphatic heterocycles. The molecule has 0 fully saturated rings. The Morgan fingerprint density at radius 3 is 2.95 bits per heavy atom. The first-order chi connectivity index (χ1) is 9.29. The highest BCUT2D eigenvalue weighted by atomic mass is 32.2. The first-order valence-electron chi connectivity index (χ1n) is 6.12. The van der Waals surface area contributed by atoms with Crippen LogP contribution in [0.4, 0.5) is 5.69 Å². The number of fused-ring (bicyclic) bond motifs is 1. The number of carbonyl (C=O) groups excluding carboxylic acids is 1. The number of carbonyl (C=O) groups is 1. The molecule has 0 saturated carbocycles. The van der Waals surface area contributed by atoms with E-state index in [0.717, 1.165) is 16.3 Å². The molecule has 2 aromatic rings. The Balaban J connectivity index is 1.93. The van der Waals surface area contributed by atoms with Gasteiger partial charge in [0.2, 0.25) is 0 Å². The Bertz CT molecular complexity index is 609. The number of rotatable bonds is 2. The third-order valence-electron chi connectivity index (χ3n) is 3.05. The second kappa shape index (κ2) is 5.11. The fourth-order valence-electron chi connectivity index (χ4n) is 2.12. The molecule has 2 heterocycles. The molecule has 0 aliphatic carbocycles. The van der Waals surface area contributed by atoms with Crippen LogP contribution >= 0.6 is 11.8 Å². The molecule has 0 spiro atoms. The van der Waals surface area contributed by atoms with Crippen molar-refractivity contribution >= 4 is 23.4 Å². The highest BCUT2D eigenvalue weighted by molar-refractivity contribution is 7.99. The standard InChI is InChI=1S/C14H14N2O2S/c15-9-10-5-6-12(18-10)14(17)16-7-8-19-13-4-2-1-3-11(13)16/h1-6H,7-9,15H2. The van der Waals surface area contributed by atoms with Crippen molar-refractivity contribution in [1.29, 1.82) is 0 Å². The predicted octanol–water partition coefficient (Wildman–Crippen LogP) is 2.49. The van der Waals surface area contributed by atoms with Gasteiger partial charge in [-0.25, -0.2) is 0 Å². The number of para-hydroxylation sites is 1. The van der Waals surface area contributed by atoms with Gasteiger partial charge in [0.1, 0.15) is 5.76 Å². The summed E-state index contributed by atoms with van der Waals surface area (Å²) in [6.45, 7) is 0.999. The summed E-state index contributed by atoms with van der Waals surface area (Å²) in [5.41, 5.74) is 6.45. The van der Waals surface area contributed by atoms with Crippen molar-refractivity contribution in [3.8, 4) is 0 Å². The summed E-state index contributed by atoms with van der Waals surface area (Å²) in [4.78, 5) is 15.4. The molecule has 0 unspecified atom stereocenters. The van der Waals surface area contributed by atoms with Gasteiger partial charge in [-0.15, -0.1) is 11.8 Å². The van der Waals surface area contributed by atoms with Crippen LogP contribution in [-0.4, -0.2) is 18.2 Å². The van der Waals surface area contributed by atoms with Crippen LogP contribution in [0.2, 0.25) is 0 Å². The van der Waals surface area contributed by atoms with Gasteiger partial charge in [0.05, 0.1) is 12.2 Å². The maximum atomic E-state index is 12.5. The number of anilines is 1. The molecule has 19 heavy (non-hydrogen) atoms. The first kappa shape index (κ1) is 12.3. The highest BCUT2D eigenvalue weighted by Crippen LogP contribution is 2.35. The number of benzene rings is 1. The Hall–Kier alpha value is -1.72. The summed E-state index contributed by atoms with van der Waals surface area (Å²) >= 11 is 1.77. The van der Waals surface area contributed by atoms with Gasteiger partial charge < -0.3 is 15.1 Å². The summed E-state index contributed by atoms with van der Waals surface area (Å²) in [6, 6.07) is 11.4. The van der Waals surface area contributed by atoms with Crippen molar-refractivity contribution in [2.75, 3.05) is 17.2 Å². The summed E-state index contributed by atoms with van der Waals surface area (Å²) in [5.74, 6) is 1.77. The van der Waals surface area contributed by atoms with E-state index in [4.69, 9.17) is 10.2 Å². The first-order valence-corrected chi connectivity index (χ1v) is 7.10. The third kappa shape index (κ3) is 2.27. The van der Waals surface area contributed by atoms with Crippen molar-refractivity contribution in [2.45, 2.75) is 11.4 Å². The van der Waals surface area contributed by atoms with E-state index in [2.05, 4.69) is 0 Å². The minimum absolute atomic E-state index is 0.104. The zero-order valence-electron chi connectivity index (χ0n) is 10.3. The molecule has 0 saturated heterocycles. The van der Waals surface area contributed by atoms with E-state index in [1.54, 1.807) is 28.8 Å². The van der Waals surface area contributed by atoms with E-state index in [-0.39, 0.29) is 5.91 Å². The van der Waals surface area contributed by atoms with Crippen LogP contribution < -0.4 is 10.6 Å². The number of nitrogens with two attached hydrogens (primary N) is 1. The number of furan rings is 1. The summed E-state index contributed by atoms with van der Waals surface area (Å²) in [7, 11) is 0. The number of thioether (sulfide) groups is 1. The minimum Gasteiger partial charge on any atom is -0.455 e. The van der Waals surface area contributed by atoms with Crippen molar-refractivity contribution in [3.63, 3.8) is 0 Å². The van der Waals surface area contributed by atoms with Crippen molar-refractivity contribution in [3.05, 3.63) is 47.9 Å². The normalized spacial score (nSPS) is 14.3. The second-order valence-corrected chi connectivity index (χ2v) is 5.38. The predicted molar refractivity (Wildman–Crippen MR) is 75.4 cm³/mol. The minimum atomic E-state index is -0.104. The summed E-state index contributed by atoms with van der Waals surface area (Å²) in [5, 5.41) is 0. The van der Waals surface area contributed by atoms with E-state index in [1.165, 1.54) is 0 Å². The zero-order chi connectivity index (χ0) is 13.2. The average molecular weight is 274 g/mol. The van der Waals surface area contributed by atoms with Gasteiger partial charge in [-0.05, 0) is 24.3 Å². The van der Waals surface area contributed by atoms with E-state index >= 15 is 0 Å². The molecule has 0 bridgehead atoms. The van der Waals surface area contributed by atoms with Gasteiger partial charge in [-0.1, -0.05) is 12.1 Å². The highest BCUT2D eigenvalue weighted by Gasteiger charge is 2.25. The van der Waals surface area contributed by atoms with Crippen LogP contribution in [-0.2, 0) is 6.54 Å². The van der Waals surface area contributed by atoms with E-state index in [0.29, 0.717) is 24.6 Å². The lowest BCUT2D eigenvalue weighted by Gasteiger charge is -2.28. The third-order valence-corrected chi connectivity index (χ3v) is 4.09. The molecule has 0 radical (unpaired) electrons. The van der Waals surface area contributed by atoms with Gasteiger partial charge >= 0.3 is 0 Å². The zero-order valence-corrected chi connectivity index (χ0v) is 11.2. The second-order valence-electron chi connectivity index (χ2n) is 4.24. The molecule has 2 N–H and O–H groups in total. The summed E-state index contributed by atoms with van der Waals surface area (Å²) < 4.78 is 5.44. The Morgan fingerprint density at radius 2 is 2.16 bits per heavy atom. The molecule has 1 aliphatic rings. The van der Waals surface area contributed by atoms with E-state index in [1.807, 2.05) is 24.3 Å². The number of nitrogens with zero attached hydrogens (tertiary/aromatic N) is 1. The van der Waals surface area contributed by atoms with Crippen LogP contribution in [0.1, 0.15) is 16.3 Å². The topological polar surface area (TPSA) is 59.5 Å². The van der Waals surface area contributed by atoms with Crippen LogP contribution in [0.5, 0.6) is 0 Å². The quantitative estimate of drug-likeness (QED) is 0.914. The molecule has 3 rings (SSSR count). The van der Waals surface area contributed by atoms with Crippen molar-refractivity contribution in [2.24, 2.45) is 5.73 Å². The van der Waals surface area contributed by atoms with E-state index < -0.39 is 0 Å². The van der Waals surface area contributed by atoms with Crippen LogP contribution in [0.25, 0.3) is 0 Å².